The molecule has 0 radical (unpaired) electrons. The van der Waals surface area contributed by atoms with Crippen molar-refractivity contribution in [1.29, 1.82) is 0 Å². The third-order valence-corrected chi connectivity index (χ3v) is 6.38. The number of fused-ring (bicyclic) bond motifs is 4. The average molecular weight is 368 g/mol. The molecule has 3 fully saturated rings. The number of carboxylic acid groups (broad SMARTS) is 1. The summed E-state index contributed by atoms with van der Waals surface area (Å²) in [5, 5.41) is 22.0. The molecule has 6 nitrogen and oxygen atoms in total. The fraction of sp³-hybridized carbons (Fsp3) is 0.429. The van der Waals surface area contributed by atoms with Gasteiger partial charge < -0.3 is 14.9 Å². The summed E-state index contributed by atoms with van der Waals surface area (Å²) >= 11 is 0. The van der Waals surface area contributed by atoms with E-state index in [0.29, 0.717) is 19.4 Å². The number of pyridine rings is 1. The van der Waals surface area contributed by atoms with E-state index in [1.807, 2.05) is 35.2 Å². The minimum atomic E-state index is -0.994. The first-order valence-electron chi connectivity index (χ1n) is 9.19. The molecule has 6 heteroatoms. The van der Waals surface area contributed by atoms with Crippen LogP contribution in [-0.2, 0) is 9.53 Å². The second kappa shape index (κ2) is 6.71. The van der Waals surface area contributed by atoms with Gasteiger partial charge in [-0.15, -0.1) is 6.58 Å². The molecular weight excluding hydrogens is 344 g/mol. The normalized spacial score (nSPS) is 33.7. The number of piperidine rings is 3. The van der Waals surface area contributed by atoms with Crippen LogP contribution in [0.4, 0.5) is 0 Å². The van der Waals surface area contributed by atoms with Gasteiger partial charge in [-0.1, -0.05) is 24.3 Å². The van der Waals surface area contributed by atoms with Crippen LogP contribution in [0.3, 0.4) is 0 Å². The van der Waals surface area contributed by atoms with Gasteiger partial charge in [0.15, 0.2) is 0 Å². The van der Waals surface area contributed by atoms with Crippen LogP contribution in [0.25, 0.3) is 10.9 Å². The molecule has 1 aromatic carbocycles. The molecule has 2 aromatic rings. The Kier molecular flexibility index (Phi) is 4.50. The van der Waals surface area contributed by atoms with Crippen LogP contribution in [0.1, 0.15) is 24.5 Å². The van der Waals surface area contributed by atoms with Gasteiger partial charge >= 0.3 is 5.97 Å². The summed E-state index contributed by atoms with van der Waals surface area (Å²) in [4.78, 5) is 18.4. The quantitative estimate of drug-likeness (QED) is 0.790. The number of methoxy groups -OCH3 is 1. The van der Waals surface area contributed by atoms with Crippen molar-refractivity contribution in [2.24, 2.45) is 11.3 Å². The van der Waals surface area contributed by atoms with E-state index < -0.39 is 17.5 Å². The molecule has 2 unspecified atom stereocenters. The lowest BCUT2D eigenvalue weighted by molar-refractivity contribution is -0.201. The number of nitrogens with zero attached hydrogens (tertiary/aromatic N) is 2. The third-order valence-electron chi connectivity index (χ3n) is 6.38. The molecule has 3 aliphatic heterocycles. The number of ether oxygens (including phenoxy) is 1. The molecular formula is C21H24N2O4. The maximum Gasteiger partial charge on any atom is 0.315 e. The Morgan fingerprint density at radius 2 is 2.19 bits per heavy atom. The lowest BCUT2D eigenvalue weighted by atomic mass is 9.63. The highest BCUT2D eigenvalue weighted by molar-refractivity contribution is 5.82. The Morgan fingerprint density at radius 1 is 1.41 bits per heavy atom. The van der Waals surface area contributed by atoms with Gasteiger partial charge in [-0.05, 0) is 36.5 Å². The Bertz CT molecular complexity index is 880. The molecule has 4 heterocycles. The van der Waals surface area contributed by atoms with E-state index in [4.69, 9.17) is 4.74 Å². The van der Waals surface area contributed by atoms with Gasteiger partial charge in [0.25, 0.3) is 0 Å². The summed E-state index contributed by atoms with van der Waals surface area (Å²) in [5.41, 5.74) is 0.651. The van der Waals surface area contributed by atoms with E-state index in [0.717, 1.165) is 16.5 Å². The topological polar surface area (TPSA) is 82.9 Å². The molecule has 2 N–H and O–H groups in total. The predicted molar refractivity (Wildman–Crippen MR) is 101 cm³/mol. The van der Waals surface area contributed by atoms with Crippen molar-refractivity contribution >= 4 is 16.9 Å². The van der Waals surface area contributed by atoms with Gasteiger partial charge in [-0.3, -0.25) is 14.7 Å². The summed E-state index contributed by atoms with van der Waals surface area (Å²) in [6, 6.07) is 9.35. The highest BCUT2D eigenvalue weighted by atomic mass is 16.5. The Morgan fingerprint density at radius 3 is 2.85 bits per heavy atom. The molecule has 27 heavy (non-hydrogen) atoms. The van der Waals surface area contributed by atoms with Gasteiger partial charge in [-0.2, -0.15) is 0 Å². The van der Waals surface area contributed by atoms with Crippen molar-refractivity contribution in [3.63, 3.8) is 0 Å². The zero-order valence-electron chi connectivity index (χ0n) is 15.3. The van der Waals surface area contributed by atoms with Crippen molar-refractivity contribution < 1.29 is 19.7 Å². The first kappa shape index (κ1) is 18.1. The van der Waals surface area contributed by atoms with Gasteiger partial charge in [-0.25, -0.2) is 0 Å². The van der Waals surface area contributed by atoms with Gasteiger partial charge in [0, 0.05) is 31.3 Å². The van der Waals surface area contributed by atoms with E-state index in [-0.39, 0.29) is 18.2 Å². The van der Waals surface area contributed by atoms with Crippen LogP contribution >= 0.6 is 0 Å². The standard InChI is InChI=1S/C21H24N2O4/c1-3-21(20(25)26)12-23-17(10-13(21)11-18(23)27-2)19(24)15-8-9-22-16-7-5-4-6-14(15)16/h3-9,13,17-19,24H,1,10-12H2,2H3,(H,25,26)/t13-,17+,18?,19+,21+/m0/s1. The number of aliphatic hydroxyl groups excluding tert-OH is 1. The predicted octanol–water partition coefficient (Wildman–Crippen LogP) is 2.59. The molecule has 0 amide bonds. The van der Waals surface area contributed by atoms with E-state index in [1.165, 1.54) is 0 Å². The van der Waals surface area contributed by atoms with Crippen LogP contribution in [0.2, 0.25) is 0 Å². The molecule has 3 aliphatic rings. The molecule has 0 saturated carbocycles. The molecule has 142 valence electrons. The summed E-state index contributed by atoms with van der Waals surface area (Å²) in [5.74, 6) is -0.987. The zero-order chi connectivity index (χ0) is 19.2. The lowest BCUT2D eigenvalue weighted by Gasteiger charge is -2.57. The maximum absolute atomic E-state index is 12.0. The maximum atomic E-state index is 12.0. The summed E-state index contributed by atoms with van der Waals surface area (Å²) < 4.78 is 5.62. The molecule has 2 bridgehead atoms. The van der Waals surface area contributed by atoms with E-state index in [9.17, 15) is 15.0 Å². The van der Waals surface area contributed by atoms with E-state index >= 15 is 0 Å². The third kappa shape index (κ3) is 2.67. The fourth-order valence-corrected chi connectivity index (χ4v) is 4.87. The smallest absolute Gasteiger partial charge is 0.315 e. The number of aromatic nitrogens is 1. The number of hydrogen-bond donors (Lipinski definition) is 2. The molecule has 0 spiro atoms. The van der Waals surface area contributed by atoms with E-state index in [1.54, 1.807) is 19.4 Å². The molecule has 1 aromatic heterocycles. The van der Waals surface area contributed by atoms with Gasteiger partial charge in [0.1, 0.15) is 11.6 Å². The van der Waals surface area contributed by atoms with Gasteiger partial charge in [0.2, 0.25) is 0 Å². The molecule has 5 rings (SSSR count). The highest BCUT2D eigenvalue weighted by Gasteiger charge is 2.57. The average Bonchev–Trinajstić information content (AvgIpc) is 2.72. The SMILES string of the molecule is C=C[C@@]1(C(=O)O)CN2C(OC)C[C@@H]1C[C@@H]2[C@H](O)c1ccnc2ccccc12. The number of hydrogen-bond acceptors (Lipinski definition) is 5. The van der Waals surface area contributed by atoms with Crippen molar-refractivity contribution in [2.75, 3.05) is 13.7 Å². The van der Waals surface area contributed by atoms with E-state index in [2.05, 4.69) is 11.6 Å². The Balaban J connectivity index is 1.72. The summed E-state index contributed by atoms with van der Waals surface area (Å²) in [7, 11) is 1.63. The Labute approximate surface area is 158 Å². The van der Waals surface area contributed by atoms with Crippen molar-refractivity contribution in [2.45, 2.75) is 31.2 Å². The van der Waals surface area contributed by atoms with Crippen molar-refractivity contribution in [1.82, 2.24) is 9.88 Å². The summed E-state index contributed by atoms with van der Waals surface area (Å²) in [6.45, 7) is 4.09. The first-order valence-corrected chi connectivity index (χ1v) is 9.19. The van der Waals surface area contributed by atoms with Crippen LogP contribution in [0, 0.1) is 11.3 Å². The second-order valence-corrected chi connectivity index (χ2v) is 7.51. The lowest BCUT2D eigenvalue weighted by Crippen LogP contribution is -2.66. The monoisotopic (exact) mass is 368 g/mol. The second-order valence-electron chi connectivity index (χ2n) is 7.51. The van der Waals surface area contributed by atoms with Crippen LogP contribution in [-0.4, -0.2) is 52.0 Å². The number of benzene rings is 1. The fourth-order valence-electron chi connectivity index (χ4n) is 4.87. The number of aliphatic hydroxyl groups is 1. The van der Waals surface area contributed by atoms with Crippen LogP contribution in [0.15, 0.2) is 49.2 Å². The van der Waals surface area contributed by atoms with Gasteiger partial charge in [0.05, 0.1) is 11.6 Å². The number of carboxylic acids is 1. The van der Waals surface area contributed by atoms with Crippen molar-refractivity contribution in [3.05, 3.63) is 54.7 Å². The molecule has 3 saturated heterocycles. The minimum absolute atomic E-state index is 0.129. The van der Waals surface area contributed by atoms with Crippen LogP contribution in [0.5, 0.6) is 0 Å². The first-order chi connectivity index (χ1) is 13.0. The van der Waals surface area contributed by atoms with Crippen LogP contribution < -0.4 is 0 Å². The Hall–Kier alpha value is -2.28. The summed E-state index contributed by atoms with van der Waals surface area (Å²) in [6.07, 6.45) is 3.50. The number of para-hydroxylation sites is 1. The highest BCUT2D eigenvalue weighted by Crippen LogP contribution is 2.51. The van der Waals surface area contributed by atoms with Crippen molar-refractivity contribution in [3.8, 4) is 0 Å². The number of rotatable bonds is 5. The number of carbonyl (C=O) groups is 1. The zero-order valence-corrected chi connectivity index (χ0v) is 15.3. The molecule has 0 aliphatic carbocycles. The minimum Gasteiger partial charge on any atom is -0.481 e. The molecule has 6 atom stereocenters. The number of aliphatic carboxylic acids is 1. The largest absolute Gasteiger partial charge is 0.481 e.